The number of rotatable bonds is 6. The molecule has 0 unspecified atom stereocenters. The lowest BCUT2D eigenvalue weighted by Crippen LogP contribution is -2.08. The van der Waals surface area contributed by atoms with Crippen LogP contribution in [0.15, 0.2) is 29.4 Å². The number of imidazole rings is 1. The van der Waals surface area contributed by atoms with Crippen molar-refractivity contribution < 1.29 is 9.53 Å². The van der Waals surface area contributed by atoms with Crippen LogP contribution in [0, 0.1) is 0 Å². The number of benzene rings is 1. The van der Waals surface area contributed by atoms with Crippen LogP contribution in [0.1, 0.15) is 19.8 Å². The predicted molar refractivity (Wildman–Crippen MR) is 77.3 cm³/mol. The molecule has 4 nitrogen and oxygen atoms in total. The predicted octanol–water partition coefficient (Wildman–Crippen LogP) is 3.01. The molecule has 102 valence electrons. The van der Waals surface area contributed by atoms with E-state index in [4.69, 9.17) is 4.74 Å². The lowest BCUT2D eigenvalue weighted by atomic mass is 10.3. The molecule has 0 spiro atoms. The summed E-state index contributed by atoms with van der Waals surface area (Å²) in [5, 5.41) is 0.841. The minimum absolute atomic E-state index is 0.175. The summed E-state index contributed by atoms with van der Waals surface area (Å²) >= 11 is 1.42. The number of carbonyl (C=O) groups excluding carboxylic acids is 1. The van der Waals surface area contributed by atoms with Gasteiger partial charge in [-0.2, -0.15) is 0 Å². The van der Waals surface area contributed by atoms with Crippen LogP contribution in [0.4, 0.5) is 0 Å². The van der Waals surface area contributed by atoms with Gasteiger partial charge in [-0.3, -0.25) is 4.79 Å². The monoisotopic (exact) mass is 278 g/mol. The smallest absolute Gasteiger partial charge is 0.316 e. The molecule has 0 aliphatic rings. The topological polar surface area (TPSA) is 44.1 Å². The zero-order valence-corrected chi connectivity index (χ0v) is 12.1. The molecule has 0 aliphatic heterocycles. The van der Waals surface area contributed by atoms with Gasteiger partial charge < -0.3 is 9.30 Å². The third-order valence-corrected chi connectivity index (χ3v) is 3.83. The highest BCUT2D eigenvalue weighted by Gasteiger charge is 2.10. The fourth-order valence-electron chi connectivity index (χ4n) is 1.75. The highest BCUT2D eigenvalue weighted by molar-refractivity contribution is 7.99. The van der Waals surface area contributed by atoms with Crippen molar-refractivity contribution in [3.63, 3.8) is 0 Å². The molecular formula is C14H18N2O2S. The second kappa shape index (κ2) is 6.61. The van der Waals surface area contributed by atoms with Gasteiger partial charge >= 0.3 is 5.97 Å². The van der Waals surface area contributed by atoms with E-state index in [1.165, 1.54) is 11.8 Å². The van der Waals surface area contributed by atoms with Crippen LogP contribution in [0.25, 0.3) is 11.0 Å². The van der Waals surface area contributed by atoms with E-state index in [0.29, 0.717) is 12.4 Å². The van der Waals surface area contributed by atoms with Crippen LogP contribution in [0.5, 0.6) is 0 Å². The van der Waals surface area contributed by atoms with Crippen LogP contribution >= 0.6 is 11.8 Å². The molecule has 0 atom stereocenters. The normalized spacial score (nSPS) is 10.8. The molecule has 0 N–H and O–H groups in total. The number of carbonyl (C=O) groups is 1. The van der Waals surface area contributed by atoms with Crippen molar-refractivity contribution in [1.29, 1.82) is 0 Å². The third-order valence-electron chi connectivity index (χ3n) is 2.83. The Labute approximate surface area is 117 Å². The quantitative estimate of drug-likeness (QED) is 0.463. The number of nitrogens with zero attached hydrogens (tertiary/aromatic N) is 2. The summed E-state index contributed by atoms with van der Waals surface area (Å²) in [6.07, 6.45) is 1.95. The number of esters is 1. The van der Waals surface area contributed by atoms with Crippen molar-refractivity contribution in [3.05, 3.63) is 24.3 Å². The number of aromatic nitrogens is 2. The molecule has 0 aliphatic carbocycles. The zero-order chi connectivity index (χ0) is 13.7. The Kier molecular flexibility index (Phi) is 4.85. The maximum Gasteiger partial charge on any atom is 0.316 e. The number of thioether (sulfide) groups is 1. The number of ether oxygens (including phenoxy) is 1. The summed E-state index contributed by atoms with van der Waals surface area (Å²) in [5.74, 6) is 0.131. The lowest BCUT2D eigenvalue weighted by molar-refractivity contribution is -0.140. The van der Waals surface area contributed by atoms with E-state index in [0.717, 1.165) is 29.0 Å². The molecule has 0 bridgehead atoms. The largest absolute Gasteiger partial charge is 0.465 e. The van der Waals surface area contributed by atoms with Crippen LogP contribution in [0.3, 0.4) is 0 Å². The SMILES string of the molecule is CCCCOC(=O)CSc1nc2ccccc2n1C. The average Bonchev–Trinajstić information content (AvgIpc) is 2.74. The summed E-state index contributed by atoms with van der Waals surface area (Å²) in [4.78, 5) is 16.0. The fourth-order valence-corrected chi connectivity index (χ4v) is 2.53. The molecule has 19 heavy (non-hydrogen) atoms. The summed E-state index contributed by atoms with van der Waals surface area (Å²) in [7, 11) is 1.96. The first-order valence-electron chi connectivity index (χ1n) is 6.42. The minimum Gasteiger partial charge on any atom is -0.465 e. The molecule has 0 radical (unpaired) electrons. The fraction of sp³-hybridized carbons (Fsp3) is 0.429. The zero-order valence-electron chi connectivity index (χ0n) is 11.3. The summed E-state index contributed by atoms with van der Waals surface area (Å²) in [5.41, 5.74) is 2.02. The second-order valence-corrected chi connectivity index (χ2v) is 5.25. The van der Waals surface area contributed by atoms with Crippen LogP contribution in [-0.2, 0) is 16.6 Å². The van der Waals surface area contributed by atoms with Gasteiger partial charge in [0, 0.05) is 7.05 Å². The van der Waals surface area contributed by atoms with Crippen molar-refractivity contribution in [1.82, 2.24) is 9.55 Å². The van der Waals surface area contributed by atoms with E-state index >= 15 is 0 Å². The molecule has 0 amide bonds. The number of fused-ring (bicyclic) bond motifs is 1. The van der Waals surface area contributed by atoms with Gasteiger partial charge in [0.05, 0.1) is 23.4 Å². The molecule has 0 fully saturated rings. The molecule has 2 rings (SSSR count). The van der Waals surface area contributed by atoms with Crippen molar-refractivity contribution in [2.45, 2.75) is 24.9 Å². The van der Waals surface area contributed by atoms with Gasteiger partial charge in [0.1, 0.15) is 0 Å². The number of hydrogen-bond donors (Lipinski definition) is 0. The van der Waals surface area contributed by atoms with Gasteiger partial charge in [0.15, 0.2) is 5.16 Å². The van der Waals surface area contributed by atoms with Gasteiger partial charge in [-0.1, -0.05) is 37.2 Å². The number of aryl methyl sites for hydroxylation is 1. The van der Waals surface area contributed by atoms with Gasteiger partial charge in [-0.25, -0.2) is 4.98 Å². The van der Waals surface area contributed by atoms with Gasteiger partial charge in [0.25, 0.3) is 0 Å². The first kappa shape index (κ1) is 13.9. The molecule has 1 heterocycles. The second-order valence-electron chi connectivity index (χ2n) is 4.30. The number of para-hydroxylation sites is 2. The van der Waals surface area contributed by atoms with Crippen LogP contribution < -0.4 is 0 Å². The summed E-state index contributed by atoms with van der Waals surface area (Å²) in [6.45, 7) is 2.58. The van der Waals surface area contributed by atoms with Gasteiger partial charge in [0.2, 0.25) is 0 Å². The molecule has 1 aromatic heterocycles. The van der Waals surface area contributed by atoms with E-state index in [9.17, 15) is 4.79 Å². The molecule has 1 aromatic carbocycles. The van der Waals surface area contributed by atoms with E-state index < -0.39 is 0 Å². The molecular weight excluding hydrogens is 260 g/mol. The van der Waals surface area contributed by atoms with Crippen molar-refractivity contribution >= 4 is 28.8 Å². The Morgan fingerprint density at radius 3 is 2.95 bits per heavy atom. The Morgan fingerprint density at radius 2 is 2.21 bits per heavy atom. The van der Waals surface area contributed by atoms with Crippen LogP contribution in [0.2, 0.25) is 0 Å². The molecule has 2 aromatic rings. The highest BCUT2D eigenvalue weighted by atomic mass is 32.2. The first-order chi connectivity index (χ1) is 9.22. The standard InChI is InChI=1S/C14H18N2O2S/c1-3-4-9-18-13(17)10-19-14-15-11-7-5-6-8-12(11)16(14)2/h5-8H,3-4,9-10H2,1-2H3. The first-order valence-corrected chi connectivity index (χ1v) is 7.40. The highest BCUT2D eigenvalue weighted by Crippen LogP contribution is 2.22. The van der Waals surface area contributed by atoms with Crippen molar-refractivity contribution in [2.24, 2.45) is 7.05 Å². The van der Waals surface area contributed by atoms with Crippen molar-refractivity contribution in [3.8, 4) is 0 Å². The maximum absolute atomic E-state index is 11.5. The van der Waals surface area contributed by atoms with E-state index in [-0.39, 0.29) is 5.97 Å². The maximum atomic E-state index is 11.5. The summed E-state index contributed by atoms with van der Waals surface area (Å²) < 4.78 is 7.12. The van der Waals surface area contributed by atoms with E-state index in [1.54, 1.807) is 0 Å². The van der Waals surface area contributed by atoms with Crippen molar-refractivity contribution in [2.75, 3.05) is 12.4 Å². The third kappa shape index (κ3) is 3.50. The van der Waals surface area contributed by atoms with Gasteiger partial charge in [-0.05, 0) is 18.6 Å². The van der Waals surface area contributed by atoms with Gasteiger partial charge in [-0.15, -0.1) is 0 Å². The minimum atomic E-state index is -0.175. The van der Waals surface area contributed by atoms with E-state index in [2.05, 4.69) is 11.9 Å². The Morgan fingerprint density at radius 1 is 1.42 bits per heavy atom. The Bertz CT molecular complexity index is 566. The summed E-state index contributed by atoms with van der Waals surface area (Å²) in [6, 6.07) is 7.94. The Hall–Kier alpha value is -1.49. The lowest BCUT2D eigenvalue weighted by Gasteiger charge is -2.03. The Balaban J connectivity index is 1.94. The van der Waals surface area contributed by atoms with E-state index in [1.807, 2.05) is 35.9 Å². The molecule has 5 heteroatoms. The number of unbranched alkanes of at least 4 members (excludes halogenated alkanes) is 1. The van der Waals surface area contributed by atoms with Crippen LogP contribution in [-0.4, -0.2) is 27.9 Å². The average molecular weight is 278 g/mol. The molecule has 0 saturated heterocycles. The molecule has 0 saturated carbocycles. The number of hydrogen-bond acceptors (Lipinski definition) is 4.